The number of benzene rings is 7. The van der Waals surface area contributed by atoms with Gasteiger partial charge in [0.25, 0.3) is 0 Å². The Morgan fingerprint density at radius 1 is 0.490 bits per heavy atom. The Morgan fingerprint density at radius 3 is 2.16 bits per heavy atom. The molecule has 8 aromatic rings. The van der Waals surface area contributed by atoms with Crippen molar-refractivity contribution in [2.24, 2.45) is 5.92 Å². The molecule has 7 aromatic carbocycles. The maximum Gasteiger partial charge on any atom is 0.143 e. The molecule has 1 heteroatoms. The van der Waals surface area contributed by atoms with E-state index in [1.165, 1.54) is 60.9 Å². The maximum absolute atomic E-state index is 6.65. The second-order valence-electron chi connectivity index (χ2n) is 13.2. The minimum Gasteiger partial charge on any atom is -0.455 e. The molecule has 0 aliphatic heterocycles. The van der Waals surface area contributed by atoms with Gasteiger partial charge in [-0.1, -0.05) is 164 Å². The minimum absolute atomic E-state index is 0.162. The number of hydrogen-bond donors (Lipinski definition) is 0. The molecule has 0 spiro atoms. The van der Waals surface area contributed by atoms with Crippen LogP contribution in [0.3, 0.4) is 0 Å². The summed E-state index contributed by atoms with van der Waals surface area (Å²) in [5.74, 6) is 0.360. The van der Waals surface area contributed by atoms with Crippen molar-refractivity contribution < 1.29 is 4.42 Å². The summed E-state index contributed by atoms with van der Waals surface area (Å²) < 4.78 is 6.65. The molecule has 0 bridgehead atoms. The van der Waals surface area contributed by atoms with Crippen LogP contribution < -0.4 is 0 Å². The van der Waals surface area contributed by atoms with Crippen LogP contribution in [-0.4, -0.2) is 0 Å². The fourth-order valence-electron chi connectivity index (χ4n) is 8.33. The van der Waals surface area contributed by atoms with Gasteiger partial charge in [0.2, 0.25) is 0 Å². The Balaban J connectivity index is 1.17. The van der Waals surface area contributed by atoms with E-state index < -0.39 is 0 Å². The van der Waals surface area contributed by atoms with Crippen LogP contribution in [0.1, 0.15) is 28.2 Å². The Kier molecular flexibility index (Phi) is 6.38. The predicted octanol–water partition coefficient (Wildman–Crippen LogP) is 12.8. The number of rotatable bonds is 4. The molecule has 2 aliphatic rings. The molecular weight excluding hydrogens is 593 g/mol. The summed E-state index contributed by atoms with van der Waals surface area (Å²) in [7, 11) is 0. The Morgan fingerprint density at radius 2 is 1.22 bits per heavy atom. The van der Waals surface area contributed by atoms with Crippen LogP contribution in [0, 0.1) is 5.92 Å². The summed E-state index contributed by atoms with van der Waals surface area (Å²) >= 11 is 0. The van der Waals surface area contributed by atoms with Crippen LogP contribution in [0.4, 0.5) is 0 Å². The number of fused-ring (bicyclic) bond motifs is 6. The van der Waals surface area contributed by atoms with Gasteiger partial charge in [-0.3, -0.25) is 0 Å². The van der Waals surface area contributed by atoms with Gasteiger partial charge in [0.15, 0.2) is 0 Å². The van der Waals surface area contributed by atoms with Crippen molar-refractivity contribution in [1.82, 2.24) is 0 Å². The quantitative estimate of drug-likeness (QED) is 0.190. The maximum atomic E-state index is 6.65. The molecule has 49 heavy (non-hydrogen) atoms. The smallest absolute Gasteiger partial charge is 0.143 e. The van der Waals surface area contributed by atoms with E-state index in [0.717, 1.165) is 27.5 Å². The number of furan rings is 1. The predicted molar refractivity (Wildman–Crippen MR) is 205 cm³/mol. The minimum atomic E-state index is 0.162. The van der Waals surface area contributed by atoms with Gasteiger partial charge < -0.3 is 4.42 Å². The van der Waals surface area contributed by atoms with Crippen molar-refractivity contribution >= 4 is 38.3 Å². The van der Waals surface area contributed by atoms with E-state index in [1.807, 2.05) is 0 Å². The summed E-state index contributed by atoms with van der Waals surface area (Å²) in [6, 6.07) is 57.3. The zero-order valence-corrected chi connectivity index (χ0v) is 26.9. The molecule has 1 nitrogen and oxygen atoms in total. The summed E-state index contributed by atoms with van der Waals surface area (Å²) in [5, 5.41) is 4.74. The number of para-hydroxylation sites is 1. The molecular formula is C48H32O. The van der Waals surface area contributed by atoms with Crippen molar-refractivity contribution in [3.8, 4) is 22.3 Å². The first-order valence-electron chi connectivity index (χ1n) is 17.1. The van der Waals surface area contributed by atoms with E-state index in [4.69, 9.17) is 4.42 Å². The van der Waals surface area contributed by atoms with Crippen LogP contribution in [0.25, 0.3) is 60.5 Å². The standard InChI is InChI=1S/C48H32O/c1-2-14-31(15-3-1)32-17-12-18-34(28-32)45-39-23-6-8-25-41(39)46(42-26-9-7-24-40(42)45)35-19-13-20-36(29-35)47-37-21-5-4-16-33(37)30-43-38-22-10-11-27-44(38)49-48(43)47/h1-30,41,46H. The Labute approximate surface area is 285 Å². The van der Waals surface area contributed by atoms with Gasteiger partial charge in [0.1, 0.15) is 11.2 Å². The van der Waals surface area contributed by atoms with E-state index in [-0.39, 0.29) is 11.8 Å². The average molecular weight is 625 g/mol. The zero-order valence-electron chi connectivity index (χ0n) is 26.9. The third-order valence-electron chi connectivity index (χ3n) is 10.5. The van der Waals surface area contributed by atoms with E-state index in [0.29, 0.717) is 0 Å². The SMILES string of the molecule is C1=CC2=C(c3cccc(-c4ccccc4)c3)c3ccccc3C(c3cccc(-c4c5ccccc5cc5c4oc4ccccc45)c3)C2C=C1. The lowest BCUT2D eigenvalue weighted by atomic mass is 9.66. The highest BCUT2D eigenvalue weighted by atomic mass is 16.3. The molecule has 0 saturated heterocycles. The second kappa shape index (κ2) is 11.2. The fourth-order valence-corrected chi connectivity index (χ4v) is 8.33. The summed E-state index contributed by atoms with van der Waals surface area (Å²) in [5.41, 5.74) is 14.6. The topological polar surface area (TPSA) is 13.1 Å². The monoisotopic (exact) mass is 624 g/mol. The Bertz CT molecular complexity index is 2660. The highest BCUT2D eigenvalue weighted by molar-refractivity contribution is 6.18. The highest BCUT2D eigenvalue weighted by Crippen LogP contribution is 2.51. The Hall–Kier alpha value is -6.18. The molecule has 0 saturated carbocycles. The largest absolute Gasteiger partial charge is 0.455 e. The van der Waals surface area contributed by atoms with E-state index in [1.54, 1.807) is 0 Å². The molecule has 0 radical (unpaired) electrons. The van der Waals surface area contributed by atoms with Crippen molar-refractivity contribution in [3.63, 3.8) is 0 Å². The molecule has 2 atom stereocenters. The van der Waals surface area contributed by atoms with E-state index in [9.17, 15) is 0 Å². The van der Waals surface area contributed by atoms with E-state index in [2.05, 4.69) is 182 Å². The number of allylic oxidation sites excluding steroid dienone is 5. The third-order valence-corrected chi connectivity index (χ3v) is 10.5. The fraction of sp³-hybridized carbons (Fsp3) is 0.0417. The van der Waals surface area contributed by atoms with Gasteiger partial charge in [-0.25, -0.2) is 0 Å². The van der Waals surface area contributed by atoms with Crippen molar-refractivity contribution in [1.29, 1.82) is 0 Å². The van der Waals surface area contributed by atoms with E-state index >= 15 is 0 Å². The lowest BCUT2D eigenvalue weighted by molar-refractivity contribution is 0.649. The van der Waals surface area contributed by atoms with Gasteiger partial charge in [-0.15, -0.1) is 0 Å². The van der Waals surface area contributed by atoms with Gasteiger partial charge >= 0.3 is 0 Å². The molecule has 1 heterocycles. The molecule has 2 unspecified atom stereocenters. The van der Waals surface area contributed by atoms with Crippen LogP contribution in [0.15, 0.2) is 192 Å². The summed E-state index contributed by atoms with van der Waals surface area (Å²) in [6.45, 7) is 0. The van der Waals surface area contributed by atoms with Crippen LogP contribution in [0.2, 0.25) is 0 Å². The molecule has 0 N–H and O–H groups in total. The first-order chi connectivity index (χ1) is 24.3. The molecule has 0 amide bonds. The first-order valence-corrected chi connectivity index (χ1v) is 17.1. The zero-order chi connectivity index (χ0) is 32.3. The molecule has 0 fully saturated rings. The van der Waals surface area contributed by atoms with Crippen LogP contribution >= 0.6 is 0 Å². The summed E-state index contributed by atoms with van der Waals surface area (Å²) in [4.78, 5) is 0. The van der Waals surface area contributed by atoms with Crippen LogP contribution in [0.5, 0.6) is 0 Å². The first kappa shape index (κ1) is 27.9. The van der Waals surface area contributed by atoms with Crippen molar-refractivity contribution in [2.45, 2.75) is 5.92 Å². The average Bonchev–Trinajstić information content (AvgIpc) is 3.54. The highest BCUT2D eigenvalue weighted by Gasteiger charge is 2.35. The number of hydrogen-bond acceptors (Lipinski definition) is 1. The second-order valence-corrected chi connectivity index (χ2v) is 13.2. The van der Waals surface area contributed by atoms with Crippen molar-refractivity contribution in [3.05, 3.63) is 210 Å². The summed E-state index contributed by atoms with van der Waals surface area (Å²) in [6.07, 6.45) is 9.16. The lowest BCUT2D eigenvalue weighted by Crippen LogP contribution is -2.22. The van der Waals surface area contributed by atoms with Gasteiger partial charge in [-0.2, -0.15) is 0 Å². The molecule has 1 aromatic heterocycles. The van der Waals surface area contributed by atoms with Gasteiger partial charge in [0.05, 0.1) is 0 Å². The normalized spacial score (nSPS) is 16.7. The van der Waals surface area contributed by atoms with Crippen LogP contribution in [-0.2, 0) is 0 Å². The molecule has 230 valence electrons. The third kappa shape index (κ3) is 4.47. The molecule has 2 aliphatic carbocycles. The molecule has 10 rings (SSSR count). The lowest BCUT2D eigenvalue weighted by Gasteiger charge is -2.37. The van der Waals surface area contributed by atoms with Crippen molar-refractivity contribution in [2.75, 3.05) is 0 Å². The van der Waals surface area contributed by atoms with Gasteiger partial charge in [-0.05, 0) is 79.1 Å². The van der Waals surface area contributed by atoms with Gasteiger partial charge in [0, 0.05) is 28.2 Å².